The smallest absolute Gasteiger partial charge is 0.339 e. The number of rotatable bonds is 8. The summed E-state index contributed by atoms with van der Waals surface area (Å²) in [5.41, 5.74) is 4.33. The molecule has 0 radical (unpaired) electrons. The number of benzene rings is 3. The SMILES string of the molecule is COCCc1c(CO)c2ccc3c(c2oc1=O)[C@@H]1OC(=O)C[C@H](CCc2ccccc2)Cc2ccc(cc2)CCC(=C(C)C)C(=O)O[C@@H]1[C@](C)(C1CCCC1)O3. The summed E-state index contributed by atoms with van der Waals surface area (Å²) in [5, 5.41) is 11.1. The van der Waals surface area contributed by atoms with Gasteiger partial charge >= 0.3 is 17.6 Å². The normalized spacial score (nSPS) is 23.3. The zero-order valence-corrected chi connectivity index (χ0v) is 33.1. The minimum atomic E-state index is -1.16. The number of esters is 2. The van der Waals surface area contributed by atoms with Gasteiger partial charge in [-0.3, -0.25) is 4.79 Å². The van der Waals surface area contributed by atoms with Crippen molar-refractivity contribution >= 4 is 22.9 Å². The number of fused-ring (bicyclic) bond motifs is 13. The van der Waals surface area contributed by atoms with Crippen LogP contribution in [0.1, 0.15) is 105 Å². The lowest BCUT2D eigenvalue weighted by Crippen LogP contribution is -2.58. The van der Waals surface area contributed by atoms with Crippen molar-refractivity contribution < 1.29 is 38.1 Å². The van der Waals surface area contributed by atoms with Gasteiger partial charge in [-0.15, -0.1) is 0 Å². The number of ether oxygens (including phenoxy) is 4. The largest absolute Gasteiger partial charge is 0.483 e. The van der Waals surface area contributed by atoms with E-state index in [1.54, 1.807) is 19.2 Å². The number of methoxy groups -OCH3 is 1. The van der Waals surface area contributed by atoms with Crippen LogP contribution < -0.4 is 10.4 Å². The average Bonchev–Trinajstić information content (AvgIpc) is 3.74. The quantitative estimate of drug-likeness (QED) is 0.107. The summed E-state index contributed by atoms with van der Waals surface area (Å²) in [7, 11) is 1.55. The third-order valence-corrected chi connectivity index (χ3v) is 12.3. The average molecular weight is 763 g/mol. The molecule has 1 aliphatic carbocycles. The van der Waals surface area contributed by atoms with E-state index in [1.807, 2.05) is 39.0 Å². The summed E-state index contributed by atoms with van der Waals surface area (Å²) >= 11 is 0. The maximum absolute atomic E-state index is 14.5. The highest BCUT2D eigenvalue weighted by molar-refractivity contribution is 5.90. The maximum atomic E-state index is 14.5. The number of aryl methyl sites for hydroxylation is 2. The van der Waals surface area contributed by atoms with E-state index in [0.29, 0.717) is 52.7 Å². The molecule has 2 bridgehead atoms. The van der Waals surface area contributed by atoms with Crippen LogP contribution in [0.3, 0.4) is 0 Å². The van der Waals surface area contributed by atoms with Crippen molar-refractivity contribution in [2.24, 2.45) is 11.8 Å². The summed E-state index contributed by atoms with van der Waals surface area (Å²) in [6.45, 7) is 5.62. The van der Waals surface area contributed by atoms with Crippen LogP contribution in [-0.2, 0) is 56.1 Å². The molecule has 3 aromatic carbocycles. The third kappa shape index (κ3) is 8.21. The Labute approximate surface area is 329 Å². The standard InChI is InChI=1S/C47H54O9/c1-29(2)35-21-20-31-14-17-32(18-15-31)26-33(19-16-30-10-6-5-7-11-30)27-40(49)53-43-41-39(56-47(3,34-12-8-9-13-34)44(43)55-45(35)50)23-22-36-38(28-48)37(24-25-52-4)46(51)54-42(36)41/h5-7,10-11,14-15,17-18,22-23,33-34,43-44,48H,8-9,12-13,16,19-21,24-28H2,1-4H3/t33-,43+,44+,47+/m1/s1. The van der Waals surface area contributed by atoms with Gasteiger partial charge in [-0.2, -0.15) is 0 Å². The molecular weight excluding hydrogens is 709 g/mol. The summed E-state index contributed by atoms with van der Waals surface area (Å²) in [4.78, 5) is 42.7. The predicted molar refractivity (Wildman–Crippen MR) is 213 cm³/mol. The first-order chi connectivity index (χ1) is 27.1. The zero-order chi connectivity index (χ0) is 39.4. The molecule has 1 fully saturated rings. The van der Waals surface area contributed by atoms with Crippen LogP contribution in [0, 0.1) is 11.8 Å². The van der Waals surface area contributed by atoms with Gasteiger partial charge in [0.05, 0.1) is 18.8 Å². The molecule has 296 valence electrons. The van der Waals surface area contributed by atoms with Gasteiger partial charge in [-0.1, -0.05) is 73.0 Å². The number of carbonyl (C=O) groups excluding carboxylic acids is 2. The topological polar surface area (TPSA) is 122 Å². The van der Waals surface area contributed by atoms with Gasteiger partial charge < -0.3 is 28.5 Å². The molecule has 1 aromatic heterocycles. The summed E-state index contributed by atoms with van der Waals surface area (Å²) in [6.07, 6.45) is 5.21. The molecule has 4 aliphatic rings. The fourth-order valence-electron chi connectivity index (χ4n) is 9.13. The maximum Gasteiger partial charge on any atom is 0.339 e. The van der Waals surface area contributed by atoms with Gasteiger partial charge in [0.2, 0.25) is 0 Å². The molecule has 1 saturated carbocycles. The van der Waals surface area contributed by atoms with Crippen LogP contribution in [0.4, 0.5) is 0 Å². The fraction of sp³-hybridized carbons (Fsp3) is 0.468. The molecule has 0 amide bonds. The first-order valence-corrected chi connectivity index (χ1v) is 20.2. The molecule has 4 aromatic rings. The molecule has 4 heterocycles. The van der Waals surface area contributed by atoms with Gasteiger partial charge in [0, 0.05) is 42.4 Å². The van der Waals surface area contributed by atoms with E-state index < -0.39 is 42.0 Å². The Kier molecular flexibility index (Phi) is 12.1. The van der Waals surface area contributed by atoms with Crippen molar-refractivity contribution in [1.29, 1.82) is 0 Å². The van der Waals surface area contributed by atoms with E-state index in [2.05, 4.69) is 36.4 Å². The van der Waals surface area contributed by atoms with Crippen LogP contribution in [0.15, 0.2) is 87.1 Å². The Balaban J connectivity index is 1.38. The van der Waals surface area contributed by atoms with E-state index in [-0.39, 0.29) is 36.9 Å². The van der Waals surface area contributed by atoms with Crippen molar-refractivity contribution in [2.75, 3.05) is 13.7 Å². The summed E-state index contributed by atoms with van der Waals surface area (Å²) in [6, 6.07) is 22.3. The highest BCUT2D eigenvalue weighted by Crippen LogP contribution is 2.52. The van der Waals surface area contributed by atoms with E-state index in [1.165, 1.54) is 5.56 Å². The zero-order valence-electron chi connectivity index (χ0n) is 33.1. The van der Waals surface area contributed by atoms with Gasteiger partial charge in [0.1, 0.15) is 16.9 Å². The first kappa shape index (κ1) is 39.5. The lowest BCUT2D eigenvalue weighted by atomic mass is 9.76. The highest BCUT2D eigenvalue weighted by Gasteiger charge is 2.57. The molecule has 0 spiro atoms. The molecule has 4 atom stereocenters. The Morgan fingerprint density at radius 1 is 0.857 bits per heavy atom. The lowest BCUT2D eigenvalue weighted by molar-refractivity contribution is -0.199. The molecule has 3 aliphatic heterocycles. The van der Waals surface area contributed by atoms with Crippen molar-refractivity contribution in [3.05, 3.63) is 122 Å². The highest BCUT2D eigenvalue weighted by atomic mass is 16.6. The Bertz CT molecular complexity index is 2120. The predicted octanol–water partition coefficient (Wildman–Crippen LogP) is 8.48. The van der Waals surface area contributed by atoms with Gasteiger partial charge in [-0.05, 0) is 106 Å². The van der Waals surface area contributed by atoms with Gasteiger partial charge in [0.15, 0.2) is 12.2 Å². The number of aliphatic hydroxyl groups excluding tert-OH is 1. The second kappa shape index (κ2) is 17.2. The number of aliphatic hydroxyl groups is 1. The molecule has 0 saturated heterocycles. The fourth-order valence-corrected chi connectivity index (χ4v) is 9.13. The summed E-state index contributed by atoms with van der Waals surface area (Å²) in [5.74, 6) is -0.587. The molecule has 1 N–H and O–H groups in total. The van der Waals surface area contributed by atoms with Crippen LogP contribution >= 0.6 is 0 Å². The molecular formula is C47H54O9. The Morgan fingerprint density at radius 3 is 2.29 bits per heavy atom. The third-order valence-electron chi connectivity index (χ3n) is 12.3. The van der Waals surface area contributed by atoms with Crippen molar-refractivity contribution in [2.45, 2.75) is 116 Å². The van der Waals surface area contributed by atoms with Crippen LogP contribution in [0.5, 0.6) is 5.75 Å². The van der Waals surface area contributed by atoms with Crippen LogP contribution in [0.25, 0.3) is 11.0 Å². The monoisotopic (exact) mass is 762 g/mol. The summed E-state index contributed by atoms with van der Waals surface area (Å²) < 4.78 is 31.6. The lowest BCUT2D eigenvalue weighted by Gasteiger charge is -2.48. The van der Waals surface area contributed by atoms with Gasteiger partial charge in [0.25, 0.3) is 0 Å². The van der Waals surface area contributed by atoms with Gasteiger partial charge in [-0.25, -0.2) is 9.59 Å². The Morgan fingerprint density at radius 2 is 1.59 bits per heavy atom. The second-order valence-electron chi connectivity index (χ2n) is 16.2. The van der Waals surface area contributed by atoms with Crippen molar-refractivity contribution in [3.8, 4) is 5.75 Å². The molecule has 0 unspecified atom stereocenters. The molecule has 8 rings (SSSR count). The number of hydrogen-bond donors (Lipinski definition) is 1. The van der Waals surface area contributed by atoms with Crippen molar-refractivity contribution in [3.63, 3.8) is 0 Å². The van der Waals surface area contributed by atoms with E-state index in [0.717, 1.165) is 55.2 Å². The molecule has 56 heavy (non-hydrogen) atoms. The van der Waals surface area contributed by atoms with E-state index in [9.17, 15) is 19.5 Å². The second-order valence-corrected chi connectivity index (χ2v) is 16.2. The first-order valence-electron chi connectivity index (χ1n) is 20.2. The minimum absolute atomic E-state index is 0.000820. The number of carbonyl (C=O) groups is 2. The van der Waals surface area contributed by atoms with Crippen LogP contribution in [-0.4, -0.2) is 42.5 Å². The molecule has 9 heteroatoms. The van der Waals surface area contributed by atoms with Crippen LogP contribution in [0.2, 0.25) is 0 Å². The number of hydrogen-bond acceptors (Lipinski definition) is 9. The number of allylic oxidation sites excluding steroid dienone is 1. The molecule has 9 nitrogen and oxygen atoms in total. The minimum Gasteiger partial charge on any atom is -0.483 e. The van der Waals surface area contributed by atoms with E-state index >= 15 is 0 Å². The van der Waals surface area contributed by atoms with Crippen molar-refractivity contribution in [1.82, 2.24) is 0 Å². The van der Waals surface area contributed by atoms with E-state index in [4.69, 9.17) is 23.4 Å². The Hall–Kier alpha value is -4.73.